The minimum atomic E-state index is -1.34. The average molecular weight is 234 g/mol. The van der Waals surface area contributed by atoms with Crippen LogP contribution in [-0.4, -0.2) is 4.98 Å². The van der Waals surface area contributed by atoms with Crippen LogP contribution in [0.25, 0.3) is 0 Å². The number of benzene rings is 1. The van der Waals surface area contributed by atoms with Gasteiger partial charge in [0.1, 0.15) is 5.82 Å². The highest BCUT2D eigenvalue weighted by Crippen LogP contribution is 2.24. The summed E-state index contributed by atoms with van der Waals surface area (Å²) in [4.78, 5) is 4.00. The largest absolute Gasteiger partial charge is 0.326 e. The lowest BCUT2D eigenvalue weighted by molar-refractivity contribution is 0.393. The minimum Gasteiger partial charge on any atom is -0.326 e. The van der Waals surface area contributed by atoms with Crippen LogP contribution in [0.1, 0.15) is 23.0 Å². The average Bonchev–Trinajstić information content (AvgIpc) is 2.39. The summed E-state index contributed by atoms with van der Waals surface area (Å²) in [5.41, 5.74) is 6.96. The van der Waals surface area contributed by atoms with E-state index in [-0.39, 0.29) is 5.82 Å². The quantitative estimate of drug-likeness (QED) is 0.886. The summed E-state index contributed by atoms with van der Waals surface area (Å²) in [6.45, 7) is 0.376. The number of hydrogen-bond acceptors (Lipinski definition) is 2. The predicted molar refractivity (Wildman–Crippen MR) is 61.5 cm³/mol. The highest BCUT2D eigenvalue weighted by atomic mass is 19.1. The molecular formula is C13H12F2N2. The van der Waals surface area contributed by atoms with Crippen LogP contribution in [0.3, 0.4) is 0 Å². The molecule has 0 bridgehead atoms. The van der Waals surface area contributed by atoms with Gasteiger partial charge in [0, 0.05) is 12.7 Å². The number of nitrogens with two attached hydrogens (primary N) is 1. The van der Waals surface area contributed by atoms with E-state index in [9.17, 15) is 8.78 Å². The summed E-state index contributed by atoms with van der Waals surface area (Å²) in [5, 5.41) is 0. The third kappa shape index (κ3) is 2.65. The Morgan fingerprint density at radius 3 is 2.35 bits per heavy atom. The number of rotatable bonds is 3. The summed E-state index contributed by atoms with van der Waals surface area (Å²) < 4.78 is 26.7. The lowest BCUT2D eigenvalue weighted by Gasteiger charge is -2.08. The van der Waals surface area contributed by atoms with E-state index in [2.05, 4.69) is 4.98 Å². The molecule has 0 saturated heterocycles. The van der Waals surface area contributed by atoms with Crippen molar-refractivity contribution in [1.82, 2.24) is 4.98 Å². The number of hydrogen-bond donors (Lipinski definition) is 1. The Balaban J connectivity index is 2.23. The monoisotopic (exact) mass is 234 g/mol. The third-order valence-corrected chi connectivity index (χ3v) is 2.51. The second-order valence-corrected chi connectivity index (χ2v) is 3.71. The second-order valence-electron chi connectivity index (χ2n) is 3.71. The normalized spacial score (nSPS) is 12.4. The van der Waals surface area contributed by atoms with E-state index in [0.717, 1.165) is 5.56 Å². The molecule has 0 amide bonds. The molecule has 2 rings (SSSR count). The van der Waals surface area contributed by atoms with Gasteiger partial charge in [-0.1, -0.05) is 18.2 Å². The van der Waals surface area contributed by atoms with Crippen LogP contribution < -0.4 is 5.73 Å². The van der Waals surface area contributed by atoms with E-state index in [0.29, 0.717) is 17.8 Å². The Labute approximate surface area is 98.1 Å². The van der Waals surface area contributed by atoms with Crippen molar-refractivity contribution in [1.29, 1.82) is 0 Å². The minimum absolute atomic E-state index is 0.300. The van der Waals surface area contributed by atoms with Crippen molar-refractivity contribution in [2.45, 2.75) is 12.7 Å². The third-order valence-electron chi connectivity index (χ3n) is 2.51. The van der Waals surface area contributed by atoms with Crippen molar-refractivity contribution in [2.24, 2.45) is 5.73 Å². The van der Waals surface area contributed by atoms with E-state index in [1.807, 2.05) is 0 Å². The maximum Gasteiger partial charge on any atom is 0.167 e. The highest BCUT2D eigenvalue weighted by Gasteiger charge is 2.13. The lowest BCUT2D eigenvalue weighted by atomic mass is 10.1. The zero-order valence-electron chi connectivity index (χ0n) is 9.11. The number of alkyl halides is 1. The zero-order valence-corrected chi connectivity index (χ0v) is 9.11. The first-order valence-electron chi connectivity index (χ1n) is 5.25. The molecule has 1 atom stereocenters. The molecule has 1 aromatic heterocycles. The first-order valence-corrected chi connectivity index (χ1v) is 5.25. The van der Waals surface area contributed by atoms with Gasteiger partial charge >= 0.3 is 0 Å². The van der Waals surface area contributed by atoms with Gasteiger partial charge in [-0.3, -0.25) is 4.98 Å². The van der Waals surface area contributed by atoms with Gasteiger partial charge in [0.15, 0.2) is 6.17 Å². The van der Waals surface area contributed by atoms with Crippen molar-refractivity contribution in [3.8, 4) is 0 Å². The van der Waals surface area contributed by atoms with Gasteiger partial charge in [0.2, 0.25) is 0 Å². The molecule has 17 heavy (non-hydrogen) atoms. The van der Waals surface area contributed by atoms with Crippen molar-refractivity contribution in [3.63, 3.8) is 0 Å². The Hall–Kier alpha value is -1.81. The number of halogens is 2. The smallest absolute Gasteiger partial charge is 0.167 e. The summed E-state index contributed by atoms with van der Waals surface area (Å²) in [5.74, 6) is -0.382. The molecule has 1 heterocycles. The Morgan fingerprint density at radius 2 is 1.82 bits per heavy atom. The SMILES string of the molecule is NCc1ccc(C(F)c2ccc(F)cc2)nc1. The Morgan fingerprint density at radius 1 is 1.12 bits per heavy atom. The van der Waals surface area contributed by atoms with Crippen molar-refractivity contribution < 1.29 is 8.78 Å². The van der Waals surface area contributed by atoms with Gasteiger partial charge < -0.3 is 5.73 Å². The van der Waals surface area contributed by atoms with E-state index < -0.39 is 6.17 Å². The molecule has 1 aromatic carbocycles. The van der Waals surface area contributed by atoms with Gasteiger partial charge in [0.25, 0.3) is 0 Å². The fourth-order valence-corrected chi connectivity index (χ4v) is 1.51. The molecule has 0 spiro atoms. The predicted octanol–water partition coefficient (Wildman–Crippen LogP) is 2.74. The summed E-state index contributed by atoms with van der Waals surface area (Å²) in [6.07, 6.45) is 0.202. The standard InChI is InChI=1S/C13H12F2N2/c14-11-4-2-10(3-5-11)13(15)12-6-1-9(7-16)8-17-12/h1-6,8,13H,7,16H2. The number of aromatic nitrogens is 1. The number of nitrogens with zero attached hydrogens (tertiary/aromatic N) is 1. The molecule has 0 radical (unpaired) electrons. The molecule has 0 saturated carbocycles. The topological polar surface area (TPSA) is 38.9 Å². The van der Waals surface area contributed by atoms with Crippen LogP contribution >= 0.6 is 0 Å². The molecule has 0 aliphatic carbocycles. The Bertz CT molecular complexity index is 480. The maximum atomic E-state index is 14.0. The molecule has 1 unspecified atom stereocenters. The van der Waals surface area contributed by atoms with Crippen LogP contribution in [0.4, 0.5) is 8.78 Å². The molecule has 0 fully saturated rings. The molecule has 88 valence electrons. The van der Waals surface area contributed by atoms with Crippen LogP contribution in [0.5, 0.6) is 0 Å². The molecule has 2 aromatic rings. The van der Waals surface area contributed by atoms with Crippen LogP contribution in [-0.2, 0) is 6.54 Å². The van der Waals surface area contributed by atoms with Crippen LogP contribution in [0.2, 0.25) is 0 Å². The first-order chi connectivity index (χ1) is 8.20. The molecule has 2 nitrogen and oxygen atoms in total. The van der Waals surface area contributed by atoms with E-state index >= 15 is 0 Å². The lowest BCUT2D eigenvalue weighted by Crippen LogP contribution is -2.01. The number of pyridine rings is 1. The molecule has 0 aliphatic rings. The highest BCUT2D eigenvalue weighted by molar-refractivity contribution is 5.27. The van der Waals surface area contributed by atoms with Crippen LogP contribution in [0, 0.1) is 5.82 Å². The summed E-state index contributed by atoms with van der Waals surface area (Å²) in [6, 6.07) is 8.62. The van der Waals surface area contributed by atoms with Gasteiger partial charge in [-0.2, -0.15) is 0 Å². The van der Waals surface area contributed by atoms with Crippen LogP contribution in [0.15, 0.2) is 42.6 Å². The van der Waals surface area contributed by atoms with E-state index in [1.54, 1.807) is 18.3 Å². The molecule has 4 heteroatoms. The maximum absolute atomic E-state index is 14.0. The zero-order chi connectivity index (χ0) is 12.3. The Kier molecular flexibility index (Phi) is 3.44. The van der Waals surface area contributed by atoms with Crippen molar-refractivity contribution in [2.75, 3.05) is 0 Å². The van der Waals surface area contributed by atoms with Gasteiger partial charge in [-0.25, -0.2) is 8.78 Å². The summed E-state index contributed by atoms with van der Waals surface area (Å²) in [7, 11) is 0. The van der Waals surface area contributed by atoms with E-state index in [1.165, 1.54) is 24.3 Å². The van der Waals surface area contributed by atoms with Gasteiger partial charge in [-0.05, 0) is 29.3 Å². The van der Waals surface area contributed by atoms with E-state index in [4.69, 9.17) is 5.73 Å². The van der Waals surface area contributed by atoms with Crippen molar-refractivity contribution >= 4 is 0 Å². The first kappa shape index (κ1) is 11.7. The summed E-state index contributed by atoms with van der Waals surface area (Å²) >= 11 is 0. The van der Waals surface area contributed by atoms with Gasteiger partial charge in [-0.15, -0.1) is 0 Å². The fourth-order valence-electron chi connectivity index (χ4n) is 1.51. The van der Waals surface area contributed by atoms with Crippen molar-refractivity contribution in [3.05, 3.63) is 65.2 Å². The fraction of sp³-hybridized carbons (Fsp3) is 0.154. The second kappa shape index (κ2) is 5.01. The molecule has 2 N–H and O–H groups in total. The molecule has 0 aliphatic heterocycles. The van der Waals surface area contributed by atoms with Gasteiger partial charge in [0.05, 0.1) is 5.69 Å². The molecular weight excluding hydrogens is 222 g/mol.